The highest BCUT2D eigenvalue weighted by Crippen LogP contribution is 2.26. The minimum Gasteiger partial charge on any atom is -0.354 e. The number of benzene rings is 1. The van der Waals surface area contributed by atoms with Crippen LogP contribution in [0.5, 0.6) is 0 Å². The minimum atomic E-state index is -3.93. The van der Waals surface area contributed by atoms with Crippen LogP contribution in [-0.4, -0.2) is 48.7 Å². The van der Waals surface area contributed by atoms with Crippen LogP contribution in [0.1, 0.15) is 6.92 Å². The standard InChI is InChI=1S/C17H18N4O4S/c1-11(17(22)21(2)3)26(23,24)20-16-10-15(25-19-16)13-6-7-14-12(9-13)5-4-8-18-14/h4-11H,1-3H3,(H,19,20). The van der Waals surface area contributed by atoms with Crippen LogP contribution in [0.2, 0.25) is 0 Å². The molecule has 26 heavy (non-hydrogen) atoms. The number of fused-ring (bicyclic) bond motifs is 1. The van der Waals surface area contributed by atoms with Crippen molar-refractivity contribution < 1.29 is 17.7 Å². The normalized spacial score (nSPS) is 12.7. The maximum atomic E-state index is 12.3. The first-order valence-electron chi connectivity index (χ1n) is 7.82. The zero-order valence-corrected chi connectivity index (χ0v) is 15.3. The second-order valence-electron chi connectivity index (χ2n) is 6.01. The second-order valence-corrected chi connectivity index (χ2v) is 8.01. The van der Waals surface area contributed by atoms with Crippen LogP contribution in [-0.2, 0) is 14.8 Å². The first kappa shape index (κ1) is 17.9. The summed E-state index contributed by atoms with van der Waals surface area (Å²) in [5, 5.41) is 3.42. The van der Waals surface area contributed by atoms with Crippen LogP contribution in [0.25, 0.3) is 22.2 Å². The highest BCUT2D eigenvalue weighted by Gasteiger charge is 2.30. The number of sulfonamides is 1. The van der Waals surface area contributed by atoms with Crippen molar-refractivity contribution >= 4 is 32.7 Å². The van der Waals surface area contributed by atoms with E-state index in [-0.39, 0.29) is 5.82 Å². The fraction of sp³-hybridized carbons (Fsp3) is 0.235. The van der Waals surface area contributed by atoms with Crippen LogP contribution in [0.3, 0.4) is 0 Å². The molecule has 1 atom stereocenters. The molecule has 3 aromatic rings. The van der Waals surface area contributed by atoms with Gasteiger partial charge in [0.05, 0.1) is 5.52 Å². The van der Waals surface area contributed by atoms with Crippen molar-refractivity contribution in [2.75, 3.05) is 18.8 Å². The minimum absolute atomic E-state index is 0.0182. The maximum absolute atomic E-state index is 12.3. The maximum Gasteiger partial charge on any atom is 0.245 e. The van der Waals surface area contributed by atoms with Gasteiger partial charge in [-0.1, -0.05) is 11.2 Å². The number of hydrogen-bond acceptors (Lipinski definition) is 6. The molecule has 0 saturated carbocycles. The van der Waals surface area contributed by atoms with E-state index in [0.29, 0.717) is 5.76 Å². The molecule has 2 heterocycles. The Morgan fingerprint density at radius 1 is 1.23 bits per heavy atom. The molecule has 0 bridgehead atoms. The quantitative estimate of drug-likeness (QED) is 0.733. The lowest BCUT2D eigenvalue weighted by atomic mass is 10.1. The van der Waals surface area contributed by atoms with E-state index < -0.39 is 21.2 Å². The van der Waals surface area contributed by atoms with E-state index >= 15 is 0 Å². The fourth-order valence-electron chi connectivity index (χ4n) is 2.42. The Balaban J connectivity index is 1.84. The van der Waals surface area contributed by atoms with Crippen molar-refractivity contribution in [1.82, 2.24) is 15.0 Å². The Hall–Kier alpha value is -2.94. The molecule has 0 saturated heterocycles. The number of amides is 1. The zero-order chi connectivity index (χ0) is 18.9. The predicted molar refractivity (Wildman–Crippen MR) is 97.9 cm³/mol. The molecular formula is C17H18N4O4S. The molecular weight excluding hydrogens is 356 g/mol. The number of carbonyl (C=O) groups is 1. The molecule has 1 unspecified atom stereocenters. The second kappa shape index (κ2) is 6.75. The molecule has 0 aliphatic heterocycles. The molecule has 2 aromatic heterocycles. The van der Waals surface area contributed by atoms with Crippen LogP contribution in [0, 0.1) is 0 Å². The van der Waals surface area contributed by atoms with Crippen LogP contribution >= 0.6 is 0 Å². The number of hydrogen-bond donors (Lipinski definition) is 1. The van der Waals surface area contributed by atoms with E-state index in [0.717, 1.165) is 16.5 Å². The Kier molecular flexibility index (Phi) is 4.64. The van der Waals surface area contributed by atoms with Gasteiger partial charge < -0.3 is 9.42 Å². The third kappa shape index (κ3) is 3.52. The molecule has 1 aromatic carbocycles. The Bertz CT molecular complexity index is 1060. The number of anilines is 1. The summed E-state index contributed by atoms with van der Waals surface area (Å²) in [5.41, 5.74) is 1.58. The molecule has 0 aliphatic carbocycles. The lowest BCUT2D eigenvalue weighted by molar-refractivity contribution is -0.127. The number of rotatable bonds is 5. The average molecular weight is 374 g/mol. The van der Waals surface area contributed by atoms with Crippen molar-refractivity contribution in [1.29, 1.82) is 0 Å². The van der Waals surface area contributed by atoms with Crippen LogP contribution < -0.4 is 4.72 Å². The molecule has 9 heteroatoms. The highest BCUT2D eigenvalue weighted by atomic mass is 32.2. The van der Waals surface area contributed by atoms with Gasteiger partial charge in [-0.05, 0) is 31.2 Å². The van der Waals surface area contributed by atoms with E-state index in [9.17, 15) is 13.2 Å². The van der Waals surface area contributed by atoms with Crippen molar-refractivity contribution in [3.05, 3.63) is 42.6 Å². The van der Waals surface area contributed by atoms with Crippen molar-refractivity contribution in [2.45, 2.75) is 12.2 Å². The molecule has 1 amide bonds. The van der Waals surface area contributed by atoms with E-state index in [1.807, 2.05) is 30.3 Å². The summed E-state index contributed by atoms with van der Waals surface area (Å²) in [7, 11) is -0.940. The van der Waals surface area contributed by atoms with E-state index in [1.165, 1.54) is 32.0 Å². The van der Waals surface area contributed by atoms with Gasteiger partial charge in [0.1, 0.15) is 0 Å². The van der Waals surface area contributed by atoms with Crippen molar-refractivity contribution in [3.63, 3.8) is 0 Å². The van der Waals surface area contributed by atoms with Crippen molar-refractivity contribution in [2.24, 2.45) is 0 Å². The fourth-order valence-corrected chi connectivity index (χ4v) is 3.46. The molecule has 0 radical (unpaired) electrons. The first-order valence-corrected chi connectivity index (χ1v) is 9.37. The van der Waals surface area contributed by atoms with Gasteiger partial charge in [0, 0.05) is 37.3 Å². The number of nitrogens with one attached hydrogen (secondary N) is 1. The van der Waals surface area contributed by atoms with Gasteiger partial charge in [-0.3, -0.25) is 14.5 Å². The van der Waals surface area contributed by atoms with Gasteiger partial charge in [-0.2, -0.15) is 0 Å². The summed E-state index contributed by atoms with van der Waals surface area (Å²) in [6.45, 7) is 1.32. The Labute approximate surface area is 150 Å². The monoisotopic (exact) mass is 374 g/mol. The summed E-state index contributed by atoms with van der Waals surface area (Å²) in [6.07, 6.45) is 1.71. The van der Waals surface area contributed by atoms with E-state index in [1.54, 1.807) is 6.20 Å². The third-order valence-electron chi connectivity index (χ3n) is 3.90. The van der Waals surface area contributed by atoms with Gasteiger partial charge >= 0.3 is 0 Å². The molecule has 0 spiro atoms. The summed E-state index contributed by atoms with van der Waals surface area (Å²) >= 11 is 0. The average Bonchev–Trinajstić information content (AvgIpc) is 3.07. The topological polar surface area (TPSA) is 105 Å². The van der Waals surface area contributed by atoms with E-state index in [4.69, 9.17) is 4.52 Å². The Morgan fingerprint density at radius 3 is 2.73 bits per heavy atom. The van der Waals surface area contributed by atoms with Crippen LogP contribution in [0.4, 0.5) is 5.82 Å². The number of pyridine rings is 1. The first-order chi connectivity index (χ1) is 12.3. The summed E-state index contributed by atoms with van der Waals surface area (Å²) in [4.78, 5) is 17.4. The predicted octanol–water partition coefficient (Wildman–Crippen LogP) is 2.11. The summed E-state index contributed by atoms with van der Waals surface area (Å²) in [5.74, 6) is -0.104. The molecule has 8 nitrogen and oxygen atoms in total. The SMILES string of the molecule is CC(C(=O)N(C)C)S(=O)(=O)Nc1cc(-c2ccc3ncccc3c2)on1. The highest BCUT2D eigenvalue weighted by molar-refractivity contribution is 7.94. The van der Waals surface area contributed by atoms with Crippen LogP contribution in [0.15, 0.2) is 47.1 Å². The number of carbonyl (C=O) groups excluding carboxylic acids is 1. The smallest absolute Gasteiger partial charge is 0.245 e. The van der Waals surface area contributed by atoms with Gasteiger partial charge in [0.2, 0.25) is 15.9 Å². The van der Waals surface area contributed by atoms with Crippen molar-refractivity contribution in [3.8, 4) is 11.3 Å². The van der Waals surface area contributed by atoms with Gasteiger partial charge in [0.25, 0.3) is 0 Å². The largest absolute Gasteiger partial charge is 0.354 e. The van der Waals surface area contributed by atoms with E-state index in [2.05, 4.69) is 14.9 Å². The van der Waals surface area contributed by atoms with Gasteiger partial charge in [0.15, 0.2) is 16.8 Å². The molecule has 3 rings (SSSR count). The Morgan fingerprint density at radius 2 is 2.00 bits per heavy atom. The molecule has 0 aliphatic rings. The summed E-state index contributed by atoms with van der Waals surface area (Å²) < 4.78 is 32.2. The third-order valence-corrected chi connectivity index (χ3v) is 5.52. The molecule has 0 fully saturated rings. The molecule has 136 valence electrons. The number of aromatic nitrogens is 2. The van der Waals surface area contributed by atoms with Gasteiger partial charge in [-0.15, -0.1) is 0 Å². The lowest BCUT2D eigenvalue weighted by Gasteiger charge is -2.17. The zero-order valence-electron chi connectivity index (χ0n) is 14.5. The molecule has 1 N–H and O–H groups in total. The van der Waals surface area contributed by atoms with Gasteiger partial charge in [-0.25, -0.2) is 8.42 Å². The summed E-state index contributed by atoms with van der Waals surface area (Å²) in [6, 6.07) is 10.7. The lowest BCUT2D eigenvalue weighted by Crippen LogP contribution is -2.39. The number of nitrogens with zero attached hydrogens (tertiary/aromatic N) is 3.